The molecule has 0 radical (unpaired) electrons. The van der Waals surface area contributed by atoms with Crippen LogP contribution in [-0.2, 0) is 5.41 Å². The summed E-state index contributed by atoms with van der Waals surface area (Å²) < 4.78 is 0. The second-order valence-electron chi connectivity index (χ2n) is 11.7. The SMILES string of the molecule is CC1(C)c2ccccc2-c2c1ccc1c(-c3nc(-c4ccccc4)nc(-c4ccc(-c5ccccc5)cc4)n3)cccc21. The maximum Gasteiger partial charge on any atom is 0.164 e. The Morgan fingerprint density at radius 3 is 1.63 bits per heavy atom. The van der Waals surface area contributed by atoms with Crippen molar-refractivity contribution < 1.29 is 0 Å². The molecule has 6 aromatic carbocycles. The van der Waals surface area contributed by atoms with Crippen molar-refractivity contribution in [1.82, 2.24) is 15.0 Å². The zero-order chi connectivity index (χ0) is 29.0. The van der Waals surface area contributed by atoms with E-state index >= 15 is 0 Å². The fraction of sp³-hybridized carbons (Fsp3) is 0.0750. The molecule has 0 aliphatic heterocycles. The molecule has 0 saturated carbocycles. The second kappa shape index (κ2) is 9.85. The molecule has 1 aromatic heterocycles. The molecule has 0 fully saturated rings. The lowest BCUT2D eigenvalue weighted by Crippen LogP contribution is -2.14. The third-order valence-corrected chi connectivity index (χ3v) is 8.76. The van der Waals surface area contributed by atoms with Gasteiger partial charge in [0.15, 0.2) is 17.5 Å². The molecule has 0 saturated heterocycles. The van der Waals surface area contributed by atoms with Crippen molar-refractivity contribution in [3.05, 3.63) is 151 Å². The van der Waals surface area contributed by atoms with Gasteiger partial charge in [-0.25, -0.2) is 15.0 Å². The van der Waals surface area contributed by atoms with E-state index in [0.717, 1.165) is 27.6 Å². The van der Waals surface area contributed by atoms with Gasteiger partial charge in [-0.3, -0.25) is 0 Å². The summed E-state index contributed by atoms with van der Waals surface area (Å²) in [5, 5.41) is 2.37. The lowest BCUT2D eigenvalue weighted by Gasteiger charge is -2.21. The molecule has 43 heavy (non-hydrogen) atoms. The first-order valence-corrected chi connectivity index (χ1v) is 14.7. The van der Waals surface area contributed by atoms with E-state index in [0.29, 0.717) is 17.5 Å². The normalized spacial score (nSPS) is 13.1. The summed E-state index contributed by atoms with van der Waals surface area (Å²) >= 11 is 0. The van der Waals surface area contributed by atoms with Crippen LogP contribution in [0.5, 0.6) is 0 Å². The van der Waals surface area contributed by atoms with E-state index in [9.17, 15) is 0 Å². The van der Waals surface area contributed by atoms with Gasteiger partial charge < -0.3 is 0 Å². The standard InChI is InChI=1S/C40H29N3/c1-40(2)34-19-10-9-16-33(34)36-31-17-11-18-32(30(31)24-25-35(36)40)39-42-37(28-14-7-4-8-15-28)41-38(43-39)29-22-20-27(21-23-29)26-12-5-3-6-13-26/h3-25H,1-2H3. The molecular formula is C40H29N3. The number of rotatable bonds is 4. The van der Waals surface area contributed by atoms with Crippen LogP contribution in [-0.4, -0.2) is 15.0 Å². The highest BCUT2D eigenvalue weighted by Crippen LogP contribution is 2.51. The van der Waals surface area contributed by atoms with E-state index in [2.05, 4.69) is 129 Å². The van der Waals surface area contributed by atoms with Gasteiger partial charge in [0.2, 0.25) is 0 Å². The van der Waals surface area contributed by atoms with Crippen molar-refractivity contribution in [2.24, 2.45) is 0 Å². The molecule has 3 nitrogen and oxygen atoms in total. The molecule has 1 aliphatic rings. The Bertz CT molecular complexity index is 2130. The van der Waals surface area contributed by atoms with Gasteiger partial charge in [-0.1, -0.05) is 153 Å². The second-order valence-corrected chi connectivity index (χ2v) is 11.7. The first-order valence-electron chi connectivity index (χ1n) is 14.7. The molecule has 0 unspecified atom stereocenters. The van der Waals surface area contributed by atoms with Crippen molar-refractivity contribution in [1.29, 1.82) is 0 Å². The van der Waals surface area contributed by atoms with E-state index < -0.39 is 0 Å². The summed E-state index contributed by atoms with van der Waals surface area (Å²) in [4.78, 5) is 15.1. The van der Waals surface area contributed by atoms with Gasteiger partial charge in [-0.05, 0) is 44.2 Å². The van der Waals surface area contributed by atoms with E-state index in [1.165, 1.54) is 33.2 Å². The monoisotopic (exact) mass is 551 g/mol. The highest BCUT2D eigenvalue weighted by molar-refractivity contribution is 6.07. The van der Waals surface area contributed by atoms with Crippen molar-refractivity contribution in [3.63, 3.8) is 0 Å². The van der Waals surface area contributed by atoms with Crippen molar-refractivity contribution in [2.45, 2.75) is 19.3 Å². The number of hydrogen-bond donors (Lipinski definition) is 0. The molecule has 0 spiro atoms. The van der Waals surface area contributed by atoms with E-state index in [-0.39, 0.29) is 5.41 Å². The summed E-state index contributed by atoms with van der Waals surface area (Å²) in [7, 11) is 0. The Labute approximate surface area is 251 Å². The van der Waals surface area contributed by atoms with Gasteiger partial charge in [0.1, 0.15) is 0 Å². The molecular weight excluding hydrogens is 522 g/mol. The largest absolute Gasteiger partial charge is 0.208 e. The Morgan fingerprint density at radius 2 is 0.907 bits per heavy atom. The third kappa shape index (κ3) is 4.16. The van der Waals surface area contributed by atoms with Crippen LogP contribution in [0.4, 0.5) is 0 Å². The fourth-order valence-electron chi connectivity index (χ4n) is 6.54. The molecule has 7 aromatic rings. The molecule has 8 rings (SSSR count). The van der Waals surface area contributed by atoms with Crippen molar-refractivity contribution >= 4 is 10.8 Å². The van der Waals surface area contributed by atoms with E-state index in [1.54, 1.807) is 0 Å². The Morgan fingerprint density at radius 1 is 0.372 bits per heavy atom. The average molecular weight is 552 g/mol. The zero-order valence-electron chi connectivity index (χ0n) is 24.1. The molecule has 0 amide bonds. The van der Waals surface area contributed by atoms with Gasteiger partial charge in [-0.15, -0.1) is 0 Å². The van der Waals surface area contributed by atoms with Crippen LogP contribution in [0.2, 0.25) is 0 Å². The molecule has 3 heteroatoms. The lowest BCUT2D eigenvalue weighted by molar-refractivity contribution is 0.661. The van der Waals surface area contributed by atoms with Crippen molar-refractivity contribution in [2.75, 3.05) is 0 Å². The molecule has 1 heterocycles. The average Bonchev–Trinajstić information content (AvgIpc) is 3.31. The van der Waals surface area contributed by atoms with Crippen LogP contribution in [0, 0.1) is 0 Å². The third-order valence-electron chi connectivity index (χ3n) is 8.76. The molecule has 0 N–H and O–H groups in total. The smallest absolute Gasteiger partial charge is 0.164 e. The molecule has 0 bridgehead atoms. The summed E-state index contributed by atoms with van der Waals surface area (Å²) in [6.07, 6.45) is 0. The minimum atomic E-state index is -0.0527. The minimum absolute atomic E-state index is 0.0527. The number of nitrogens with zero attached hydrogens (tertiary/aromatic N) is 3. The fourth-order valence-corrected chi connectivity index (χ4v) is 6.54. The first-order chi connectivity index (χ1) is 21.1. The van der Waals surface area contributed by atoms with Crippen LogP contribution < -0.4 is 0 Å². The van der Waals surface area contributed by atoms with Crippen LogP contribution in [0.15, 0.2) is 140 Å². The minimum Gasteiger partial charge on any atom is -0.208 e. The molecule has 204 valence electrons. The molecule has 1 aliphatic carbocycles. The number of hydrogen-bond acceptors (Lipinski definition) is 3. The van der Waals surface area contributed by atoms with Gasteiger partial charge in [-0.2, -0.15) is 0 Å². The molecule has 0 atom stereocenters. The van der Waals surface area contributed by atoms with Crippen molar-refractivity contribution in [3.8, 4) is 56.4 Å². The maximum absolute atomic E-state index is 5.10. The quantitative estimate of drug-likeness (QED) is 0.218. The van der Waals surface area contributed by atoms with E-state index in [1.807, 2.05) is 24.3 Å². The Kier molecular flexibility index (Phi) is 5.80. The summed E-state index contributed by atoms with van der Waals surface area (Å²) in [5.74, 6) is 2.00. The summed E-state index contributed by atoms with van der Waals surface area (Å²) in [5.41, 5.74) is 10.6. The van der Waals surface area contributed by atoms with Gasteiger partial charge >= 0.3 is 0 Å². The highest BCUT2D eigenvalue weighted by atomic mass is 15.0. The Hall–Kier alpha value is -5.41. The first kappa shape index (κ1) is 25.3. The van der Waals surface area contributed by atoms with Crippen LogP contribution in [0.3, 0.4) is 0 Å². The van der Waals surface area contributed by atoms with Gasteiger partial charge in [0.05, 0.1) is 0 Å². The van der Waals surface area contributed by atoms with Crippen LogP contribution in [0.1, 0.15) is 25.0 Å². The van der Waals surface area contributed by atoms with Gasteiger partial charge in [0, 0.05) is 22.1 Å². The topological polar surface area (TPSA) is 38.7 Å². The van der Waals surface area contributed by atoms with E-state index in [4.69, 9.17) is 15.0 Å². The predicted octanol–water partition coefficient (Wildman–Crippen LogP) is 10.00. The Balaban J connectivity index is 1.32. The summed E-state index contributed by atoms with van der Waals surface area (Å²) in [6.45, 7) is 4.64. The zero-order valence-corrected chi connectivity index (χ0v) is 24.1. The number of fused-ring (bicyclic) bond motifs is 5. The maximum atomic E-state index is 5.10. The number of benzene rings is 6. The van der Waals surface area contributed by atoms with Gasteiger partial charge in [0.25, 0.3) is 0 Å². The van der Waals surface area contributed by atoms with Crippen LogP contribution >= 0.6 is 0 Å². The predicted molar refractivity (Wildman–Crippen MR) is 177 cm³/mol. The van der Waals surface area contributed by atoms with Crippen LogP contribution in [0.25, 0.3) is 67.2 Å². The number of aromatic nitrogens is 3. The lowest BCUT2D eigenvalue weighted by atomic mass is 9.82. The summed E-state index contributed by atoms with van der Waals surface area (Å²) in [6, 6.07) is 48.9. The highest BCUT2D eigenvalue weighted by Gasteiger charge is 2.36.